The summed E-state index contributed by atoms with van der Waals surface area (Å²) in [6, 6.07) is 3.95. The van der Waals surface area contributed by atoms with E-state index in [1.165, 1.54) is 12.1 Å². The Kier molecular flexibility index (Phi) is 3.65. The SMILES string of the molecule is O=Cc1ccc(OC2CCS(=O)(=O)CC2)c(F)c1. The highest BCUT2D eigenvalue weighted by molar-refractivity contribution is 7.91. The number of ether oxygens (including phenoxy) is 1. The average molecular weight is 272 g/mol. The van der Waals surface area contributed by atoms with Crippen molar-refractivity contribution in [3.63, 3.8) is 0 Å². The zero-order valence-corrected chi connectivity index (χ0v) is 10.5. The smallest absolute Gasteiger partial charge is 0.165 e. The number of carbonyl (C=O) groups is 1. The van der Waals surface area contributed by atoms with Gasteiger partial charge in [-0.05, 0) is 31.0 Å². The molecule has 0 atom stereocenters. The maximum absolute atomic E-state index is 13.5. The number of halogens is 1. The molecule has 1 aliphatic heterocycles. The molecule has 2 rings (SSSR count). The van der Waals surface area contributed by atoms with Crippen molar-refractivity contribution in [1.29, 1.82) is 0 Å². The van der Waals surface area contributed by atoms with E-state index in [-0.39, 0.29) is 28.9 Å². The Hall–Kier alpha value is -1.43. The third-order valence-corrected chi connectivity index (χ3v) is 4.60. The summed E-state index contributed by atoms with van der Waals surface area (Å²) in [5.74, 6) is -0.393. The van der Waals surface area contributed by atoms with Crippen LogP contribution in [0, 0.1) is 5.82 Å². The molecule has 0 bridgehead atoms. The molecule has 4 nitrogen and oxygen atoms in total. The van der Waals surface area contributed by atoms with E-state index in [1.807, 2.05) is 0 Å². The fourth-order valence-corrected chi connectivity index (χ4v) is 3.30. The molecule has 0 saturated carbocycles. The van der Waals surface area contributed by atoms with Gasteiger partial charge in [-0.2, -0.15) is 0 Å². The van der Waals surface area contributed by atoms with Crippen LogP contribution in [0.15, 0.2) is 18.2 Å². The van der Waals surface area contributed by atoms with Gasteiger partial charge in [-0.1, -0.05) is 0 Å². The maximum Gasteiger partial charge on any atom is 0.165 e. The first-order valence-electron chi connectivity index (χ1n) is 5.62. The second kappa shape index (κ2) is 5.06. The lowest BCUT2D eigenvalue weighted by molar-refractivity contribution is 0.112. The van der Waals surface area contributed by atoms with Crippen molar-refractivity contribution < 1.29 is 22.3 Å². The van der Waals surface area contributed by atoms with Crippen LogP contribution in [-0.4, -0.2) is 32.3 Å². The van der Waals surface area contributed by atoms with Crippen molar-refractivity contribution in [2.24, 2.45) is 0 Å². The molecule has 0 aliphatic carbocycles. The third kappa shape index (κ3) is 3.07. The van der Waals surface area contributed by atoms with Gasteiger partial charge in [0.15, 0.2) is 21.4 Å². The number of rotatable bonds is 3. The fourth-order valence-electron chi connectivity index (χ4n) is 1.85. The van der Waals surface area contributed by atoms with Gasteiger partial charge in [-0.3, -0.25) is 4.79 Å². The van der Waals surface area contributed by atoms with Gasteiger partial charge in [0.1, 0.15) is 12.4 Å². The zero-order chi connectivity index (χ0) is 13.2. The van der Waals surface area contributed by atoms with Crippen LogP contribution in [0.5, 0.6) is 5.75 Å². The predicted octanol–water partition coefficient (Wildman–Crippen LogP) is 1.59. The number of hydrogen-bond donors (Lipinski definition) is 0. The van der Waals surface area contributed by atoms with Crippen molar-refractivity contribution in [2.75, 3.05) is 11.5 Å². The van der Waals surface area contributed by atoms with Crippen molar-refractivity contribution in [3.8, 4) is 5.75 Å². The second-order valence-electron chi connectivity index (χ2n) is 4.28. The molecule has 0 amide bonds. The summed E-state index contributed by atoms with van der Waals surface area (Å²) >= 11 is 0. The van der Waals surface area contributed by atoms with E-state index >= 15 is 0 Å². The lowest BCUT2D eigenvalue weighted by atomic mass is 10.2. The van der Waals surface area contributed by atoms with Gasteiger partial charge in [0, 0.05) is 5.56 Å². The number of carbonyl (C=O) groups excluding carboxylic acids is 1. The van der Waals surface area contributed by atoms with E-state index in [9.17, 15) is 17.6 Å². The van der Waals surface area contributed by atoms with Crippen LogP contribution in [0.4, 0.5) is 4.39 Å². The Labute approximate surface area is 105 Å². The monoisotopic (exact) mass is 272 g/mol. The minimum atomic E-state index is -2.95. The summed E-state index contributed by atoms with van der Waals surface area (Å²) in [5.41, 5.74) is 0.242. The van der Waals surface area contributed by atoms with Crippen molar-refractivity contribution in [3.05, 3.63) is 29.6 Å². The van der Waals surface area contributed by atoms with E-state index in [4.69, 9.17) is 4.74 Å². The quantitative estimate of drug-likeness (QED) is 0.784. The maximum atomic E-state index is 13.5. The van der Waals surface area contributed by atoms with E-state index in [0.29, 0.717) is 19.1 Å². The molecule has 0 radical (unpaired) electrons. The molecule has 0 unspecified atom stereocenters. The van der Waals surface area contributed by atoms with Crippen molar-refractivity contribution in [2.45, 2.75) is 18.9 Å². The van der Waals surface area contributed by atoms with Crippen LogP contribution in [-0.2, 0) is 9.84 Å². The molecule has 1 aliphatic rings. The van der Waals surface area contributed by atoms with Crippen LogP contribution in [0.25, 0.3) is 0 Å². The highest BCUT2D eigenvalue weighted by Crippen LogP contribution is 2.23. The zero-order valence-electron chi connectivity index (χ0n) is 9.63. The molecular formula is C12H13FO4S. The lowest BCUT2D eigenvalue weighted by Gasteiger charge is -2.23. The molecule has 0 N–H and O–H groups in total. The molecule has 1 heterocycles. The van der Waals surface area contributed by atoms with Gasteiger partial charge in [0.2, 0.25) is 0 Å². The van der Waals surface area contributed by atoms with Crippen molar-refractivity contribution >= 4 is 16.1 Å². The van der Waals surface area contributed by atoms with Gasteiger partial charge in [0.05, 0.1) is 11.5 Å². The first kappa shape index (κ1) is 13.0. The molecule has 18 heavy (non-hydrogen) atoms. The van der Waals surface area contributed by atoms with Gasteiger partial charge in [-0.15, -0.1) is 0 Å². The molecular weight excluding hydrogens is 259 g/mol. The van der Waals surface area contributed by atoms with E-state index in [2.05, 4.69) is 0 Å². The Bertz CT molecular complexity index is 539. The Morgan fingerprint density at radius 1 is 1.28 bits per heavy atom. The Morgan fingerprint density at radius 3 is 2.50 bits per heavy atom. The van der Waals surface area contributed by atoms with Crippen LogP contribution < -0.4 is 4.74 Å². The summed E-state index contributed by atoms with van der Waals surface area (Å²) in [4.78, 5) is 10.5. The van der Waals surface area contributed by atoms with Crippen molar-refractivity contribution in [1.82, 2.24) is 0 Å². The standard InChI is InChI=1S/C12H13FO4S/c13-11-7-9(8-14)1-2-12(11)17-10-3-5-18(15,16)6-4-10/h1-2,7-8,10H,3-6H2. The summed E-state index contributed by atoms with van der Waals surface area (Å²) in [7, 11) is -2.95. The Morgan fingerprint density at radius 2 is 1.94 bits per heavy atom. The minimum Gasteiger partial charge on any atom is -0.487 e. The Balaban J connectivity index is 2.04. The van der Waals surface area contributed by atoms with Gasteiger partial charge >= 0.3 is 0 Å². The summed E-state index contributed by atoms with van der Waals surface area (Å²) in [5, 5.41) is 0. The van der Waals surface area contributed by atoms with Crippen LogP contribution in [0.3, 0.4) is 0 Å². The fraction of sp³-hybridized carbons (Fsp3) is 0.417. The van der Waals surface area contributed by atoms with Crippen LogP contribution >= 0.6 is 0 Å². The largest absolute Gasteiger partial charge is 0.487 e. The number of benzene rings is 1. The normalized spacial score (nSPS) is 19.4. The van der Waals surface area contributed by atoms with E-state index in [1.54, 1.807) is 0 Å². The van der Waals surface area contributed by atoms with E-state index in [0.717, 1.165) is 6.07 Å². The van der Waals surface area contributed by atoms with Crippen LogP contribution in [0.1, 0.15) is 23.2 Å². The summed E-state index contributed by atoms with van der Waals surface area (Å²) in [6.45, 7) is 0. The van der Waals surface area contributed by atoms with Gasteiger partial charge < -0.3 is 4.74 Å². The molecule has 0 aromatic heterocycles. The molecule has 1 fully saturated rings. The molecule has 1 aromatic rings. The second-order valence-corrected chi connectivity index (χ2v) is 6.58. The minimum absolute atomic E-state index is 0.0601. The highest BCUT2D eigenvalue weighted by atomic mass is 32.2. The molecule has 98 valence electrons. The first-order chi connectivity index (χ1) is 8.50. The molecule has 0 spiro atoms. The molecule has 1 saturated heterocycles. The summed E-state index contributed by atoms with van der Waals surface area (Å²) < 4.78 is 41.4. The third-order valence-electron chi connectivity index (χ3n) is 2.89. The predicted molar refractivity (Wildman–Crippen MR) is 64.1 cm³/mol. The van der Waals surface area contributed by atoms with Gasteiger partial charge in [-0.25, -0.2) is 12.8 Å². The average Bonchev–Trinajstić information content (AvgIpc) is 2.34. The highest BCUT2D eigenvalue weighted by Gasteiger charge is 2.25. The number of sulfone groups is 1. The molecule has 1 aromatic carbocycles. The topological polar surface area (TPSA) is 60.4 Å². The molecule has 6 heteroatoms. The first-order valence-corrected chi connectivity index (χ1v) is 7.44. The van der Waals surface area contributed by atoms with Crippen LogP contribution in [0.2, 0.25) is 0 Å². The summed E-state index contributed by atoms with van der Waals surface area (Å²) in [6.07, 6.45) is 1.01. The number of hydrogen-bond acceptors (Lipinski definition) is 4. The van der Waals surface area contributed by atoms with Gasteiger partial charge in [0.25, 0.3) is 0 Å². The number of aldehydes is 1. The lowest BCUT2D eigenvalue weighted by Crippen LogP contribution is -2.30. The van der Waals surface area contributed by atoms with E-state index < -0.39 is 15.7 Å².